The van der Waals surface area contributed by atoms with Gasteiger partial charge in [0.05, 0.1) is 12.2 Å². The van der Waals surface area contributed by atoms with E-state index in [4.69, 9.17) is 4.74 Å². The normalized spacial score (nSPS) is 11.7. The van der Waals surface area contributed by atoms with Crippen molar-refractivity contribution < 1.29 is 29.4 Å². The van der Waals surface area contributed by atoms with E-state index in [-0.39, 0.29) is 43.6 Å². The first-order chi connectivity index (χ1) is 16.6. The molecule has 194 valence electrons. The van der Waals surface area contributed by atoms with E-state index in [1.165, 1.54) is 6.07 Å². The van der Waals surface area contributed by atoms with Crippen LogP contribution < -0.4 is 20.7 Å². The fourth-order valence-corrected chi connectivity index (χ4v) is 2.91. The van der Waals surface area contributed by atoms with Crippen molar-refractivity contribution in [1.29, 1.82) is 5.26 Å². The van der Waals surface area contributed by atoms with Gasteiger partial charge in [0.15, 0.2) is 0 Å². The Morgan fingerprint density at radius 3 is 2.66 bits per heavy atom. The molecule has 1 aromatic carbocycles. The zero-order chi connectivity index (χ0) is 26.3. The van der Waals surface area contributed by atoms with E-state index < -0.39 is 16.7 Å². The molecule has 0 aromatic heterocycles. The van der Waals surface area contributed by atoms with E-state index in [1.807, 2.05) is 26.8 Å². The molecule has 0 saturated heterocycles. The number of β-amino-alcohol motifs (C(OH)–C–C–N with tert-alkyl or cyclic N) is 1. The molecular weight excluding hydrogens is 458 g/mol. The van der Waals surface area contributed by atoms with Crippen molar-refractivity contribution in [3.8, 4) is 11.8 Å². The number of carbonyl (C=O) groups excluding carboxylic acids is 2. The molecule has 2 amide bonds. The summed E-state index contributed by atoms with van der Waals surface area (Å²) >= 11 is 0. The van der Waals surface area contributed by atoms with Gasteiger partial charge in [-0.15, -0.1) is 10.1 Å². The largest absolute Gasteiger partial charge is 0.489 e. The minimum Gasteiger partial charge on any atom is -0.489 e. The summed E-state index contributed by atoms with van der Waals surface area (Å²) in [7, 11) is 0. The zero-order valence-electron chi connectivity index (χ0n) is 20.5. The minimum absolute atomic E-state index is 0.0389. The van der Waals surface area contributed by atoms with Gasteiger partial charge >= 0.3 is 0 Å². The number of nitrogens with one attached hydrogen (secondary N) is 3. The van der Waals surface area contributed by atoms with Crippen molar-refractivity contribution in [1.82, 2.24) is 10.6 Å². The van der Waals surface area contributed by atoms with E-state index in [0.717, 1.165) is 6.42 Å². The molecule has 0 aliphatic rings. The molecule has 1 aromatic rings. The van der Waals surface area contributed by atoms with Gasteiger partial charge in [0.2, 0.25) is 11.8 Å². The van der Waals surface area contributed by atoms with Crippen LogP contribution in [0.25, 0.3) is 0 Å². The van der Waals surface area contributed by atoms with Gasteiger partial charge in [0, 0.05) is 37.2 Å². The van der Waals surface area contributed by atoms with Gasteiger partial charge in [-0.2, -0.15) is 5.26 Å². The molecule has 4 N–H and O–H groups in total. The van der Waals surface area contributed by atoms with Gasteiger partial charge in [0.25, 0.3) is 5.09 Å². The molecule has 0 aliphatic heterocycles. The Morgan fingerprint density at radius 1 is 1.26 bits per heavy atom. The van der Waals surface area contributed by atoms with Gasteiger partial charge in [-0.25, -0.2) is 0 Å². The molecule has 0 radical (unpaired) electrons. The summed E-state index contributed by atoms with van der Waals surface area (Å²) in [6.07, 6.45) is 1.35. The minimum atomic E-state index is -0.873. The second-order valence-electron chi connectivity index (χ2n) is 8.64. The lowest BCUT2D eigenvalue weighted by atomic mass is 10.1. The number of anilines is 1. The number of aliphatic hydroxyl groups is 1. The van der Waals surface area contributed by atoms with Crippen LogP contribution in [0.3, 0.4) is 0 Å². The SMILES string of the molecule is CCCC(=O)Nc1ccc(OCC(O)CNC(C)(C)CNC(=O)CCCCO[N+](=O)[O-])c(C#N)c1. The third kappa shape index (κ3) is 13.1. The number of carbonyl (C=O) groups is 2. The standard InChI is InChI=1S/C23H35N5O7/c1-4-7-22(31)27-18-9-10-20(17(12-18)13-24)34-15-19(29)14-26-23(2,3)16-25-21(30)8-5-6-11-35-28(32)33/h9-10,12,19,26,29H,4-8,11,14-16H2,1-3H3,(H,25,30)(H,27,31). The van der Waals surface area contributed by atoms with Crippen LogP contribution in [0, 0.1) is 21.4 Å². The van der Waals surface area contributed by atoms with Gasteiger partial charge in [-0.3, -0.25) is 9.59 Å². The number of amides is 2. The predicted octanol–water partition coefficient (Wildman–Crippen LogP) is 1.90. The summed E-state index contributed by atoms with van der Waals surface area (Å²) in [4.78, 5) is 37.9. The first kappa shape index (κ1) is 29.6. The number of hydrogen-bond acceptors (Lipinski definition) is 9. The average molecular weight is 494 g/mol. The molecule has 0 saturated carbocycles. The van der Waals surface area contributed by atoms with Crippen LogP contribution in [0.1, 0.15) is 58.4 Å². The Morgan fingerprint density at radius 2 is 2.00 bits per heavy atom. The Hall–Kier alpha value is -3.43. The number of nitrogens with zero attached hydrogens (tertiary/aromatic N) is 2. The second-order valence-corrected chi connectivity index (χ2v) is 8.64. The molecule has 0 fully saturated rings. The Labute approximate surface area is 205 Å². The summed E-state index contributed by atoms with van der Waals surface area (Å²) in [6, 6.07) is 6.75. The highest BCUT2D eigenvalue weighted by molar-refractivity contribution is 5.91. The molecule has 0 bridgehead atoms. The van der Waals surface area contributed by atoms with Crippen molar-refractivity contribution in [2.45, 2.75) is 64.5 Å². The summed E-state index contributed by atoms with van der Waals surface area (Å²) in [5.74, 6) is -0.00829. The van der Waals surface area contributed by atoms with Crippen LogP contribution in [-0.4, -0.2) is 60.0 Å². The van der Waals surface area contributed by atoms with Crippen molar-refractivity contribution in [2.75, 3.05) is 31.6 Å². The molecule has 12 heteroatoms. The summed E-state index contributed by atoms with van der Waals surface area (Å²) in [5, 5.41) is 37.5. The smallest absolute Gasteiger partial charge is 0.294 e. The summed E-state index contributed by atoms with van der Waals surface area (Å²) in [5.41, 5.74) is 0.234. The van der Waals surface area contributed by atoms with E-state index in [1.54, 1.807) is 12.1 Å². The topological polar surface area (TPSA) is 176 Å². The fourth-order valence-electron chi connectivity index (χ4n) is 2.91. The van der Waals surface area contributed by atoms with Gasteiger partial charge < -0.3 is 30.6 Å². The Balaban J connectivity index is 2.39. The van der Waals surface area contributed by atoms with E-state index in [2.05, 4.69) is 20.8 Å². The maximum atomic E-state index is 11.9. The highest BCUT2D eigenvalue weighted by Crippen LogP contribution is 2.22. The Kier molecular flexibility index (Phi) is 13.1. The quantitative estimate of drug-likeness (QED) is 0.143. The molecule has 0 aliphatic carbocycles. The third-order valence-corrected chi connectivity index (χ3v) is 4.83. The molecule has 0 heterocycles. The van der Waals surface area contributed by atoms with Crippen molar-refractivity contribution in [3.05, 3.63) is 33.9 Å². The highest BCUT2D eigenvalue weighted by Gasteiger charge is 2.20. The first-order valence-electron chi connectivity index (χ1n) is 11.5. The van der Waals surface area contributed by atoms with Crippen LogP contribution in [0.5, 0.6) is 5.75 Å². The molecule has 1 unspecified atom stereocenters. The van der Waals surface area contributed by atoms with Crippen LogP contribution in [-0.2, 0) is 14.4 Å². The Bertz CT molecular complexity index is 886. The maximum Gasteiger partial charge on any atom is 0.294 e. The zero-order valence-corrected chi connectivity index (χ0v) is 20.5. The van der Waals surface area contributed by atoms with E-state index in [0.29, 0.717) is 37.2 Å². The maximum absolute atomic E-state index is 11.9. The molecule has 0 spiro atoms. The molecule has 1 atom stereocenters. The monoisotopic (exact) mass is 493 g/mol. The fraction of sp³-hybridized carbons (Fsp3) is 0.609. The lowest BCUT2D eigenvalue weighted by Gasteiger charge is -2.28. The number of nitriles is 1. The number of aliphatic hydroxyl groups excluding tert-OH is 1. The van der Waals surface area contributed by atoms with Crippen molar-refractivity contribution in [2.24, 2.45) is 0 Å². The van der Waals surface area contributed by atoms with Crippen molar-refractivity contribution >= 4 is 17.5 Å². The van der Waals surface area contributed by atoms with Gasteiger partial charge in [-0.05, 0) is 51.3 Å². The van der Waals surface area contributed by atoms with E-state index >= 15 is 0 Å². The van der Waals surface area contributed by atoms with E-state index in [9.17, 15) is 30.1 Å². The molecule has 35 heavy (non-hydrogen) atoms. The number of hydrogen-bond donors (Lipinski definition) is 4. The second kappa shape index (κ2) is 15.5. The first-order valence-corrected chi connectivity index (χ1v) is 11.5. The van der Waals surface area contributed by atoms with Crippen LogP contribution in [0.4, 0.5) is 5.69 Å². The van der Waals surface area contributed by atoms with Gasteiger partial charge in [0.1, 0.15) is 24.5 Å². The summed E-state index contributed by atoms with van der Waals surface area (Å²) < 4.78 is 5.59. The number of rotatable bonds is 17. The highest BCUT2D eigenvalue weighted by atomic mass is 16.9. The van der Waals surface area contributed by atoms with Crippen LogP contribution >= 0.6 is 0 Å². The number of benzene rings is 1. The van der Waals surface area contributed by atoms with Crippen LogP contribution in [0.15, 0.2) is 18.2 Å². The molecule has 1 rings (SSSR count). The van der Waals surface area contributed by atoms with Gasteiger partial charge in [-0.1, -0.05) is 6.92 Å². The number of unbranched alkanes of at least 4 members (excludes halogenated alkanes) is 1. The lowest BCUT2D eigenvalue weighted by molar-refractivity contribution is -0.757. The predicted molar refractivity (Wildman–Crippen MR) is 128 cm³/mol. The van der Waals surface area contributed by atoms with Crippen LogP contribution in [0.2, 0.25) is 0 Å². The summed E-state index contributed by atoms with van der Waals surface area (Å²) in [6.45, 7) is 6.04. The molecule has 12 nitrogen and oxygen atoms in total. The molecular formula is C23H35N5O7. The lowest BCUT2D eigenvalue weighted by Crippen LogP contribution is -2.51. The third-order valence-electron chi connectivity index (χ3n) is 4.83. The average Bonchev–Trinajstić information content (AvgIpc) is 2.80. The van der Waals surface area contributed by atoms with Crippen molar-refractivity contribution in [3.63, 3.8) is 0 Å². The number of ether oxygens (including phenoxy) is 1.